The monoisotopic (exact) mass is 456 g/mol. The lowest BCUT2D eigenvalue weighted by Crippen LogP contribution is -2.63. The summed E-state index contributed by atoms with van der Waals surface area (Å²) in [5.41, 5.74) is 1.60. The first kappa shape index (κ1) is 22.3. The average molecular weight is 457 g/mol. The first-order valence-electron chi connectivity index (χ1n) is 12.1. The maximum atomic E-state index is 13.5. The Morgan fingerprint density at radius 3 is 2.85 bits per heavy atom. The van der Waals surface area contributed by atoms with Gasteiger partial charge < -0.3 is 20.2 Å². The fourth-order valence-electron chi connectivity index (χ4n) is 5.66. The lowest BCUT2D eigenvalue weighted by molar-refractivity contribution is -0.141. The molecule has 8 heteroatoms. The van der Waals surface area contributed by atoms with Gasteiger partial charge in [0.15, 0.2) is 0 Å². The Labute approximate surface area is 194 Å². The number of carbonyl (C=O) groups excluding carboxylic acids is 2. The fraction of sp³-hybridized carbons (Fsp3) is 0.600. The number of amides is 3. The predicted octanol–water partition coefficient (Wildman–Crippen LogP) is 3.17. The number of piperidine rings is 2. The fourth-order valence-corrected chi connectivity index (χ4v) is 5.66. The van der Waals surface area contributed by atoms with Crippen molar-refractivity contribution in [3.63, 3.8) is 0 Å². The third kappa shape index (κ3) is 4.38. The lowest BCUT2D eigenvalue weighted by Gasteiger charge is -2.48. The molecule has 3 amide bonds. The zero-order chi connectivity index (χ0) is 23.2. The first-order valence-corrected chi connectivity index (χ1v) is 12.1. The van der Waals surface area contributed by atoms with E-state index in [9.17, 15) is 19.1 Å². The van der Waals surface area contributed by atoms with Crippen LogP contribution in [0.15, 0.2) is 36.0 Å². The number of aliphatic hydroxyl groups is 1. The quantitative estimate of drug-likeness (QED) is 0.733. The maximum Gasteiger partial charge on any atom is 0.322 e. The zero-order valence-electron chi connectivity index (χ0n) is 19.2. The van der Waals surface area contributed by atoms with Crippen molar-refractivity contribution in [3.8, 4) is 0 Å². The predicted molar refractivity (Wildman–Crippen MR) is 123 cm³/mol. The van der Waals surface area contributed by atoms with E-state index in [1.54, 1.807) is 24.0 Å². The van der Waals surface area contributed by atoms with Crippen molar-refractivity contribution in [1.82, 2.24) is 14.7 Å². The summed E-state index contributed by atoms with van der Waals surface area (Å²) in [4.78, 5) is 32.0. The van der Waals surface area contributed by atoms with Gasteiger partial charge in [0.25, 0.3) is 0 Å². The molecule has 1 aromatic rings. The molecule has 33 heavy (non-hydrogen) atoms. The third-order valence-electron chi connectivity index (χ3n) is 7.99. The van der Waals surface area contributed by atoms with Gasteiger partial charge in [0.05, 0.1) is 12.1 Å². The van der Waals surface area contributed by atoms with Crippen molar-refractivity contribution in [1.29, 1.82) is 0 Å². The van der Waals surface area contributed by atoms with Gasteiger partial charge in [-0.05, 0) is 75.6 Å². The summed E-state index contributed by atoms with van der Waals surface area (Å²) in [5, 5.41) is 13.2. The van der Waals surface area contributed by atoms with Gasteiger partial charge in [-0.15, -0.1) is 0 Å². The van der Waals surface area contributed by atoms with Gasteiger partial charge in [0, 0.05) is 31.0 Å². The van der Waals surface area contributed by atoms with Gasteiger partial charge in [-0.1, -0.05) is 12.1 Å². The largest absolute Gasteiger partial charge is 0.391 e. The molecule has 4 aliphatic rings. The molecule has 5 rings (SSSR count). The molecule has 1 aromatic carbocycles. The number of hydrogen-bond acceptors (Lipinski definition) is 4. The number of anilines is 1. The van der Waals surface area contributed by atoms with E-state index in [1.165, 1.54) is 12.1 Å². The van der Waals surface area contributed by atoms with Crippen LogP contribution in [0.5, 0.6) is 0 Å². The summed E-state index contributed by atoms with van der Waals surface area (Å²) >= 11 is 0. The molecule has 1 spiro atoms. The standard InChI is InChI=1S/C25H33FN4O3/c1-17-23(32)30-20(8-12-28-13-11-25(9-10-25)22(31)16-28)6-3-7-21(30)15-29(17)24(33)27-19-5-2-4-18(26)14-19/h2,4-5,8,14,17,21-22,31H,3,6-7,9-13,15-16H2,1H3,(H,27,33). The van der Waals surface area contributed by atoms with Crippen LogP contribution >= 0.6 is 0 Å². The van der Waals surface area contributed by atoms with E-state index in [-0.39, 0.29) is 29.5 Å². The third-order valence-corrected chi connectivity index (χ3v) is 7.99. The van der Waals surface area contributed by atoms with Crippen molar-refractivity contribution in [2.24, 2.45) is 5.41 Å². The molecule has 2 N–H and O–H groups in total. The number of nitrogens with one attached hydrogen (secondary N) is 1. The molecule has 7 nitrogen and oxygen atoms in total. The highest BCUT2D eigenvalue weighted by Gasteiger charge is 2.51. The molecule has 1 aliphatic carbocycles. The van der Waals surface area contributed by atoms with Gasteiger partial charge >= 0.3 is 6.03 Å². The van der Waals surface area contributed by atoms with Crippen LogP contribution in [0, 0.1) is 11.2 Å². The van der Waals surface area contributed by atoms with Crippen LogP contribution in [0.4, 0.5) is 14.9 Å². The Hall–Kier alpha value is -2.45. The summed E-state index contributed by atoms with van der Waals surface area (Å²) in [6.07, 6.45) is 7.93. The number of nitrogens with zero attached hydrogens (tertiary/aromatic N) is 3. The van der Waals surface area contributed by atoms with Gasteiger partial charge in [-0.3, -0.25) is 9.69 Å². The normalized spacial score (nSPS) is 30.5. The summed E-state index contributed by atoms with van der Waals surface area (Å²) in [5.74, 6) is -0.487. The van der Waals surface area contributed by atoms with E-state index in [2.05, 4.69) is 16.3 Å². The van der Waals surface area contributed by atoms with Crippen molar-refractivity contribution >= 4 is 17.6 Å². The second kappa shape index (κ2) is 8.72. The first-order chi connectivity index (χ1) is 15.9. The molecule has 3 heterocycles. The van der Waals surface area contributed by atoms with E-state index in [0.717, 1.165) is 57.3 Å². The Kier molecular flexibility index (Phi) is 5.91. The number of rotatable bonds is 3. The number of allylic oxidation sites excluding steroid dienone is 1. The average Bonchev–Trinajstić information content (AvgIpc) is 3.57. The number of β-amino-alcohol motifs (C(OH)–C–C–N with tert-alkyl or cyclic N) is 1. The van der Waals surface area contributed by atoms with E-state index >= 15 is 0 Å². The highest BCUT2D eigenvalue weighted by molar-refractivity contribution is 5.95. The minimum Gasteiger partial charge on any atom is -0.391 e. The second-order valence-electron chi connectivity index (χ2n) is 10.1. The molecule has 4 fully saturated rings. The van der Waals surface area contributed by atoms with Crippen molar-refractivity contribution in [2.45, 2.75) is 63.6 Å². The molecule has 0 radical (unpaired) electrons. The molecule has 3 atom stereocenters. The number of urea groups is 1. The number of likely N-dealkylation sites (tertiary alicyclic amines) is 1. The lowest BCUT2D eigenvalue weighted by atomic mass is 9.90. The van der Waals surface area contributed by atoms with Crippen molar-refractivity contribution < 1.29 is 19.1 Å². The van der Waals surface area contributed by atoms with Gasteiger partial charge in [0.1, 0.15) is 11.9 Å². The molecular formula is C25H33FN4O3. The molecule has 0 aromatic heterocycles. The van der Waals surface area contributed by atoms with Crippen LogP contribution in [0.3, 0.4) is 0 Å². The molecule has 3 aliphatic heterocycles. The summed E-state index contributed by atoms with van der Waals surface area (Å²) in [6, 6.07) is 4.75. The summed E-state index contributed by atoms with van der Waals surface area (Å²) < 4.78 is 13.5. The SMILES string of the molecule is CC1C(=O)N2C(=CCN3CCC4(CC4)C(O)C3)CCCC2CN1C(=O)Nc1cccc(F)c1. The van der Waals surface area contributed by atoms with Crippen LogP contribution in [0.2, 0.25) is 0 Å². The van der Waals surface area contributed by atoms with E-state index < -0.39 is 11.9 Å². The second-order valence-corrected chi connectivity index (χ2v) is 10.1. The summed E-state index contributed by atoms with van der Waals surface area (Å²) in [7, 11) is 0. The van der Waals surface area contributed by atoms with Crippen LogP contribution in [-0.4, -0.2) is 76.1 Å². The molecule has 1 saturated carbocycles. The number of halogens is 1. The number of hydrogen-bond donors (Lipinski definition) is 2. The Morgan fingerprint density at radius 2 is 2.12 bits per heavy atom. The number of benzene rings is 1. The minimum absolute atomic E-state index is 0.0476. The topological polar surface area (TPSA) is 76.1 Å². The van der Waals surface area contributed by atoms with Gasteiger partial charge in [0.2, 0.25) is 5.91 Å². The van der Waals surface area contributed by atoms with E-state index in [4.69, 9.17) is 0 Å². The van der Waals surface area contributed by atoms with E-state index in [1.807, 2.05) is 4.90 Å². The van der Waals surface area contributed by atoms with E-state index in [0.29, 0.717) is 18.8 Å². The highest BCUT2D eigenvalue weighted by atomic mass is 19.1. The molecule has 178 valence electrons. The number of aliphatic hydroxyl groups excluding tert-OH is 1. The van der Waals surface area contributed by atoms with Crippen LogP contribution in [0.1, 0.15) is 45.4 Å². The summed E-state index contributed by atoms with van der Waals surface area (Å²) in [6.45, 7) is 4.63. The minimum atomic E-state index is -0.595. The molecular weight excluding hydrogens is 423 g/mol. The highest BCUT2D eigenvalue weighted by Crippen LogP contribution is 2.53. The maximum absolute atomic E-state index is 13.5. The Balaban J connectivity index is 1.24. The van der Waals surface area contributed by atoms with Gasteiger partial charge in [-0.2, -0.15) is 0 Å². The Bertz CT molecular complexity index is 963. The molecule has 3 saturated heterocycles. The number of piperazine rings is 1. The zero-order valence-corrected chi connectivity index (χ0v) is 19.2. The van der Waals surface area contributed by atoms with Crippen LogP contribution < -0.4 is 5.32 Å². The number of fused-ring (bicyclic) bond motifs is 1. The van der Waals surface area contributed by atoms with Gasteiger partial charge in [-0.25, -0.2) is 9.18 Å². The molecule has 3 unspecified atom stereocenters. The smallest absolute Gasteiger partial charge is 0.322 e. The number of carbonyl (C=O) groups is 2. The van der Waals surface area contributed by atoms with Crippen molar-refractivity contribution in [2.75, 3.05) is 31.5 Å². The molecule has 0 bridgehead atoms. The van der Waals surface area contributed by atoms with Crippen molar-refractivity contribution in [3.05, 3.63) is 41.9 Å². The van der Waals surface area contributed by atoms with Crippen LogP contribution in [-0.2, 0) is 4.79 Å². The Morgan fingerprint density at radius 1 is 1.30 bits per heavy atom. The van der Waals surface area contributed by atoms with Crippen LogP contribution in [0.25, 0.3) is 0 Å².